The molecule has 94 valence electrons. The summed E-state index contributed by atoms with van der Waals surface area (Å²) < 4.78 is 0. The predicted molar refractivity (Wildman–Crippen MR) is 76.4 cm³/mol. The Hall–Kier alpha value is -1.48. The van der Waals surface area contributed by atoms with Crippen LogP contribution in [0.5, 0.6) is 0 Å². The molecule has 1 aliphatic heterocycles. The fourth-order valence-corrected chi connectivity index (χ4v) is 2.08. The number of isothiocyanates is 1. The van der Waals surface area contributed by atoms with Gasteiger partial charge in [-0.25, -0.2) is 4.99 Å². The second-order valence-electron chi connectivity index (χ2n) is 4.51. The third-order valence-corrected chi connectivity index (χ3v) is 3.01. The quantitative estimate of drug-likeness (QED) is 0.667. The monoisotopic (exact) mass is 260 g/mol. The van der Waals surface area contributed by atoms with Crippen molar-refractivity contribution >= 4 is 23.1 Å². The van der Waals surface area contributed by atoms with Crippen LogP contribution in [0.3, 0.4) is 0 Å². The molecule has 0 fully saturated rings. The van der Waals surface area contributed by atoms with E-state index in [1.54, 1.807) is 0 Å². The molecule has 4 heteroatoms. The van der Waals surface area contributed by atoms with E-state index in [9.17, 15) is 0 Å². The number of thiocarbonyl (C=S) groups is 1. The molecular formula is C14H16N2OS. The van der Waals surface area contributed by atoms with E-state index in [2.05, 4.69) is 59.9 Å². The van der Waals surface area contributed by atoms with Crippen LogP contribution in [0.15, 0.2) is 35.3 Å². The standard InChI is InChI=1S/C14H16N2OS/c1-10(2)12-5-3-4-6-13(12)14-7-11(17-16-14)8-15-9-18/h3-7,10-11,16H,8H2,1-2H3. The molecule has 2 rings (SSSR count). The molecule has 1 N–H and O–H groups in total. The van der Waals surface area contributed by atoms with Crippen LogP contribution < -0.4 is 5.48 Å². The molecule has 1 heterocycles. The lowest BCUT2D eigenvalue weighted by Crippen LogP contribution is -2.15. The second kappa shape index (κ2) is 5.91. The number of rotatable bonds is 4. The molecule has 1 aromatic rings. The van der Waals surface area contributed by atoms with E-state index in [-0.39, 0.29) is 6.10 Å². The van der Waals surface area contributed by atoms with Crippen molar-refractivity contribution in [2.24, 2.45) is 4.99 Å². The first kappa shape index (κ1) is 13.0. The van der Waals surface area contributed by atoms with E-state index in [1.165, 1.54) is 11.1 Å². The van der Waals surface area contributed by atoms with Crippen molar-refractivity contribution in [3.05, 3.63) is 41.5 Å². The van der Waals surface area contributed by atoms with E-state index < -0.39 is 0 Å². The van der Waals surface area contributed by atoms with Crippen LogP contribution in [0.25, 0.3) is 5.70 Å². The van der Waals surface area contributed by atoms with Crippen LogP contribution in [0.4, 0.5) is 0 Å². The number of aliphatic imine (C=N–C) groups is 1. The minimum absolute atomic E-state index is 0.0735. The highest BCUT2D eigenvalue weighted by molar-refractivity contribution is 7.78. The summed E-state index contributed by atoms with van der Waals surface area (Å²) in [4.78, 5) is 9.33. The van der Waals surface area contributed by atoms with Gasteiger partial charge in [0.1, 0.15) is 6.10 Å². The molecule has 18 heavy (non-hydrogen) atoms. The molecule has 0 saturated heterocycles. The Bertz CT molecular complexity index is 504. The first-order valence-electron chi connectivity index (χ1n) is 5.98. The van der Waals surface area contributed by atoms with Gasteiger partial charge in [0.2, 0.25) is 0 Å². The van der Waals surface area contributed by atoms with E-state index in [0.29, 0.717) is 12.5 Å². The van der Waals surface area contributed by atoms with Gasteiger partial charge in [0.15, 0.2) is 0 Å². The zero-order valence-corrected chi connectivity index (χ0v) is 11.3. The summed E-state index contributed by atoms with van der Waals surface area (Å²) in [6.45, 7) is 4.87. The minimum atomic E-state index is -0.0735. The van der Waals surface area contributed by atoms with Gasteiger partial charge < -0.3 is 0 Å². The molecule has 0 aliphatic carbocycles. The highest BCUT2D eigenvalue weighted by Crippen LogP contribution is 2.27. The average molecular weight is 260 g/mol. The SMILES string of the molecule is CC(C)c1ccccc1C1=CC(CN=C=S)ON1. The van der Waals surface area contributed by atoms with Crippen molar-refractivity contribution in [1.29, 1.82) is 0 Å². The van der Waals surface area contributed by atoms with Crippen LogP contribution in [-0.4, -0.2) is 17.8 Å². The second-order valence-corrected chi connectivity index (χ2v) is 4.70. The highest BCUT2D eigenvalue weighted by Gasteiger charge is 2.19. The molecule has 0 bridgehead atoms. The van der Waals surface area contributed by atoms with Gasteiger partial charge in [0, 0.05) is 5.56 Å². The highest BCUT2D eigenvalue weighted by atomic mass is 32.1. The van der Waals surface area contributed by atoms with Crippen molar-refractivity contribution in [2.45, 2.75) is 25.9 Å². The van der Waals surface area contributed by atoms with Crippen LogP contribution in [0.2, 0.25) is 0 Å². The first-order valence-corrected chi connectivity index (χ1v) is 6.39. The lowest BCUT2D eigenvalue weighted by Gasteiger charge is -2.13. The fraction of sp³-hybridized carbons (Fsp3) is 0.357. The maximum Gasteiger partial charge on any atom is 0.126 e. The lowest BCUT2D eigenvalue weighted by atomic mass is 9.95. The average Bonchev–Trinajstić information content (AvgIpc) is 2.85. The molecule has 1 atom stereocenters. The van der Waals surface area contributed by atoms with E-state index in [1.807, 2.05) is 12.1 Å². The smallest absolute Gasteiger partial charge is 0.126 e. The lowest BCUT2D eigenvalue weighted by molar-refractivity contribution is 0.0571. The molecule has 3 nitrogen and oxygen atoms in total. The van der Waals surface area contributed by atoms with Gasteiger partial charge in [-0.1, -0.05) is 38.1 Å². The van der Waals surface area contributed by atoms with Gasteiger partial charge >= 0.3 is 0 Å². The summed E-state index contributed by atoms with van der Waals surface area (Å²) in [5.74, 6) is 0.474. The first-order chi connectivity index (χ1) is 8.72. The van der Waals surface area contributed by atoms with Gasteiger partial charge in [-0.05, 0) is 29.8 Å². The molecule has 1 aliphatic rings. The largest absolute Gasteiger partial charge is 0.267 e. The summed E-state index contributed by atoms with van der Waals surface area (Å²) in [5, 5.41) is 2.35. The van der Waals surface area contributed by atoms with E-state index >= 15 is 0 Å². The number of hydroxylamine groups is 1. The third-order valence-electron chi connectivity index (χ3n) is 2.88. The minimum Gasteiger partial charge on any atom is -0.267 e. The van der Waals surface area contributed by atoms with Crippen molar-refractivity contribution < 1.29 is 4.84 Å². The Morgan fingerprint density at radius 1 is 1.44 bits per heavy atom. The number of nitrogens with zero attached hydrogens (tertiary/aromatic N) is 1. The number of hydrogen-bond acceptors (Lipinski definition) is 4. The summed E-state index contributed by atoms with van der Waals surface area (Å²) in [6, 6.07) is 8.34. The molecule has 0 saturated carbocycles. The summed E-state index contributed by atoms with van der Waals surface area (Å²) in [5.41, 5.74) is 6.46. The maximum atomic E-state index is 5.43. The maximum absolute atomic E-state index is 5.43. The van der Waals surface area contributed by atoms with Gasteiger partial charge in [0.25, 0.3) is 0 Å². The molecule has 0 aromatic heterocycles. The molecule has 0 radical (unpaired) electrons. The van der Waals surface area contributed by atoms with Crippen LogP contribution >= 0.6 is 12.2 Å². The van der Waals surface area contributed by atoms with Crippen molar-refractivity contribution in [3.8, 4) is 0 Å². The van der Waals surface area contributed by atoms with Crippen molar-refractivity contribution in [2.75, 3.05) is 6.54 Å². The van der Waals surface area contributed by atoms with Crippen molar-refractivity contribution in [1.82, 2.24) is 5.48 Å². The van der Waals surface area contributed by atoms with Crippen LogP contribution in [-0.2, 0) is 4.84 Å². The Kier molecular flexibility index (Phi) is 4.26. The van der Waals surface area contributed by atoms with Crippen LogP contribution in [0, 0.1) is 0 Å². The number of benzene rings is 1. The third kappa shape index (κ3) is 2.85. The summed E-state index contributed by atoms with van der Waals surface area (Å²) in [7, 11) is 0. The number of hydrogen-bond donors (Lipinski definition) is 1. The van der Waals surface area contributed by atoms with E-state index in [0.717, 1.165) is 5.70 Å². The van der Waals surface area contributed by atoms with Crippen molar-refractivity contribution in [3.63, 3.8) is 0 Å². The Morgan fingerprint density at radius 3 is 2.94 bits per heavy atom. The fourth-order valence-electron chi connectivity index (χ4n) is 2.00. The molecule has 1 aromatic carbocycles. The Morgan fingerprint density at radius 2 is 2.22 bits per heavy atom. The Labute approximate surface area is 113 Å². The normalized spacial score (nSPS) is 18.2. The molecular weight excluding hydrogens is 244 g/mol. The van der Waals surface area contributed by atoms with Gasteiger partial charge in [0.05, 0.1) is 17.4 Å². The predicted octanol–water partition coefficient (Wildman–Crippen LogP) is 3.16. The van der Waals surface area contributed by atoms with Gasteiger partial charge in [-0.15, -0.1) is 0 Å². The molecule has 0 spiro atoms. The van der Waals surface area contributed by atoms with Gasteiger partial charge in [-0.2, -0.15) is 0 Å². The summed E-state index contributed by atoms with van der Waals surface area (Å²) >= 11 is 4.55. The number of nitrogens with one attached hydrogen (secondary N) is 1. The molecule has 1 unspecified atom stereocenters. The zero-order chi connectivity index (χ0) is 13.0. The zero-order valence-electron chi connectivity index (χ0n) is 10.5. The Balaban J connectivity index is 2.25. The van der Waals surface area contributed by atoms with Crippen LogP contribution in [0.1, 0.15) is 30.9 Å². The summed E-state index contributed by atoms with van der Waals surface area (Å²) in [6.07, 6.45) is 1.97. The molecule has 0 amide bonds. The van der Waals surface area contributed by atoms with Gasteiger partial charge in [-0.3, -0.25) is 10.3 Å². The topological polar surface area (TPSA) is 33.6 Å². The van der Waals surface area contributed by atoms with E-state index in [4.69, 9.17) is 4.84 Å².